The second-order valence-corrected chi connectivity index (χ2v) is 6.63. The summed E-state index contributed by atoms with van der Waals surface area (Å²) in [5.74, 6) is 2.13. The molecular formula is C22H18ClNO4. The Morgan fingerprint density at radius 3 is 2.39 bits per heavy atom. The van der Waals surface area contributed by atoms with Gasteiger partial charge in [-0.3, -0.25) is 4.79 Å². The summed E-state index contributed by atoms with van der Waals surface area (Å²) in [5.41, 5.74) is 0.918. The topological polar surface area (TPSA) is 56.8 Å². The Hall–Kier alpha value is -3.18. The zero-order valence-electron chi connectivity index (χ0n) is 15.0. The molecule has 1 N–H and O–H groups in total. The molecule has 0 aliphatic carbocycles. The number of carbonyl (C=O) groups excluding carboxylic acids is 1. The summed E-state index contributed by atoms with van der Waals surface area (Å²) in [4.78, 5) is 12.7. The van der Waals surface area contributed by atoms with Crippen molar-refractivity contribution in [2.75, 3.05) is 18.5 Å². The van der Waals surface area contributed by atoms with Crippen molar-refractivity contribution in [3.63, 3.8) is 0 Å². The van der Waals surface area contributed by atoms with E-state index in [2.05, 4.69) is 5.32 Å². The second kappa shape index (κ2) is 8.23. The highest BCUT2D eigenvalue weighted by molar-refractivity contribution is 6.34. The Kier molecular flexibility index (Phi) is 5.35. The molecule has 0 aromatic heterocycles. The lowest BCUT2D eigenvalue weighted by atomic mass is 10.2. The van der Waals surface area contributed by atoms with E-state index in [1.807, 2.05) is 30.3 Å². The minimum Gasteiger partial charge on any atom is -0.490 e. The molecule has 0 saturated heterocycles. The molecule has 1 amide bonds. The van der Waals surface area contributed by atoms with Gasteiger partial charge in [0.2, 0.25) is 0 Å². The van der Waals surface area contributed by atoms with E-state index >= 15 is 0 Å². The van der Waals surface area contributed by atoms with Gasteiger partial charge in [0, 0.05) is 24.1 Å². The first-order valence-corrected chi connectivity index (χ1v) is 9.30. The zero-order chi connectivity index (χ0) is 19.3. The number of benzene rings is 3. The van der Waals surface area contributed by atoms with Gasteiger partial charge in [0.15, 0.2) is 11.5 Å². The van der Waals surface area contributed by atoms with Gasteiger partial charge in [0.1, 0.15) is 11.5 Å². The van der Waals surface area contributed by atoms with E-state index in [4.69, 9.17) is 25.8 Å². The minimum atomic E-state index is -0.296. The zero-order valence-corrected chi connectivity index (χ0v) is 15.7. The van der Waals surface area contributed by atoms with Crippen LogP contribution in [0.2, 0.25) is 5.02 Å². The smallest absolute Gasteiger partial charge is 0.255 e. The van der Waals surface area contributed by atoms with Gasteiger partial charge in [-0.05, 0) is 30.3 Å². The molecule has 0 bridgehead atoms. The minimum absolute atomic E-state index is 0.296. The molecule has 0 atom stereocenters. The van der Waals surface area contributed by atoms with Crippen LogP contribution < -0.4 is 19.5 Å². The van der Waals surface area contributed by atoms with Gasteiger partial charge < -0.3 is 19.5 Å². The fraction of sp³-hybridized carbons (Fsp3) is 0.136. The lowest BCUT2D eigenvalue weighted by Crippen LogP contribution is -2.12. The first-order chi connectivity index (χ1) is 13.7. The SMILES string of the molecule is O=C(Nc1cc2c(cc1Cl)OCCCO2)c1cccc(Oc2ccccc2)c1. The third kappa shape index (κ3) is 4.21. The Balaban J connectivity index is 1.52. The van der Waals surface area contributed by atoms with Crippen molar-refractivity contribution in [1.29, 1.82) is 0 Å². The van der Waals surface area contributed by atoms with Crippen LogP contribution in [0.25, 0.3) is 0 Å². The van der Waals surface area contributed by atoms with Crippen LogP contribution in [0.1, 0.15) is 16.8 Å². The van der Waals surface area contributed by atoms with E-state index in [0.717, 1.165) is 6.42 Å². The van der Waals surface area contributed by atoms with Gasteiger partial charge in [-0.15, -0.1) is 0 Å². The highest BCUT2D eigenvalue weighted by Gasteiger charge is 2.16. The number of hydrogen-bond acceptors (Lipinski definition) is 4. The predicted octanol–water partition coefficient (Wildman–Crippen LogP) is 5.55. The molecular weight excluding hydrogens is 378 g/mol. The van der Waals surface area contributed by atoms with Crippen LogP contribution in [-0.4, -0.2) is 19.1 Å². The Bertz CT molecular complexity index is 991. The van der Waals surface area contributed by atoms with Crippen molar-refractivity contribution in [2.45, 2.75) is 6.42 Å². The van der Waals surface area contributed by atoms with Crippen LogP contribution in [0.15, 0.2) is 66.7 Å². The van der Waals surface area contributed by atoms with Crippen molar-refractivity contribution < 1.29 is 19.0 Å². The molecule has 3 aromatic carbocycles. The normalized spacial score (nSPS) is 12.8. The molecule has 0 fully saturated rings. The Morgan fingerprint density at radius 1 is 0.893 bits per heavy atom. The summed E-state index contributed by atoms with van der Waals surface area (Å²) in [7, 11) is 0. The number of para-hydroxylation sites is 1. The molecule has 0 saturated carbocycles. The molecule has 1 aliphatic rings. The van der Waals surface area contributed by atoms with Crippen molar-refractivity contribution in [1.82, 2.24) is 0 Å². The molecule has 6 heteroatoms. The molecule has 1 heterocycles. The highest BCUT2D eigenvalue weighted by Crippen LogP contribution is 2.38. The average Bonchev–Trinajstić information content (AvgIpc) is 2.94. The molecule has 4 rings (SSSR count). The fourth-order valence-electron chi connectivity index (χ4n) is 2.80. The summed E-state index contributed by atoms with van der Waals surface area (Å²) in [6, 6.07) is 19.7. The van der Waals surface area contributed by atoms with Gasteiger partial charge in [0.05, 0.1) is 23.9 Å². The maximum atomic E-state index is 12.7. The lowest BCUT2D eigenvalue weighted by molar-refractivity contribution is 0.102. The number of carbonyl (C=O) groups is 1. The third-order valence-corrected chi connectivity index (χ3v) is 4.47. The molecule has 1 aliphatic heterocycles. The van der Waals surface area contributed by atoms with Gasteiger partial charge in [-0.2, -0.15) is 0 Å². The molecule has 142 valence electrons. The van der Waals surface area contributed by atoms with E-state index in [9.17, 15) is 4.79 Å². The number of anilines is 1. The Morgan fingerprint density at radius 2 is 1.61 bits per heavy atom. The number of nitrogens with one attached hydrogen (secondary N) is 1. The van der Waals surface area contributed by atoms with E-state index < -0.39 is 0 Å². The molecule has 0 radical (unpaired) electrons. The fourth-order valence-corrected chi connectivity index (χ4v) is 3.00. The summed E-state index contributed by atoms with van der Waals surface area (Å²) in [6.45, 7) is 1.13. The van der Waals surface area contributed by atoms with Gasteiger partial charge in [0.25, 0.3) is 5.91 Å². The van der Waals surface area contributed by atoms with Crippen LogP contribution in [0, 0.1) is 0 Å². The monoisotopic (exact) mass is 395 g/mol. The molecule has 0 spiro atoms. The molecule has 28 heavy (non-hydrogen) atoms. The third-order valence-electron chi connectivity index (χ3n) is 4.16. The average molecular weight is 396 g/mol. The van der Waals surface area contributed by atoms with Crippen LogP contribution in [0.3, 0.4) is 0 Å². The van der Waals surface area contributed by atoms with Crippen LogP contribution >= 0.6 is 11.6 Å². The number of fused-ring (bicyclic) bond motifs is 1. The van der Waals surface area contributed by atoms with E-state index in [-0.39, 0.29) is 5.91 Å². The van der Waals surface area contributed by atoms with Crippen molar-refractivity contribution in [3.05, 3.63) is 77.3 Å². The number of rotatable bonds is 4. The highest BCUT2D eigenvalue weighted by atomic mass is 35.5. The van der Waals surface area contributed by atoms with Crippen LogP contribution in [-0.2, 0) is 0 Å². The van der Waals surface area contributed by atoms with Gasteiger partial charge in [-0.25, -0.2) is 0 Å². The quantitative estimate of drug-likeness (QED) is 0.629. The van der Waals surface area contributed by atoms with Crippen LogP contribution in [0.4, 0.5) is 5.69 Å². The van der Waals surface area contributed by atoms with E-state index in [1.54, 1.807) is 36.4 Å². The molecule has 5 nitrogen and oxygen atoms in total. The van der Waals surface area contributed by atoms with Gasteiger partial charge in [-0.1, -0.05) is 35.9 Å². The number of halogens is 1. The summed E-state index contributed by atoms with van der Waals surface area (Å²) in [5, 5.41) is 3.21. The van der Waals surface area contributed by atoms with E-state index in [1.165, 1.54) is 0 Å². The summed E-state index contributed by atoms with van der Waals surface area (Å²) in [6.07, 6.45) is 0.794. The summed E-state index contributed by atoms with van der Waals surface area (Å²) >= 11 is 6.31. The molecule has 0 unspecified atom stereocenters. The lowest BCUT2D eigenvalue weighted by Gasteiger charge is -2.13. The standard InChI is InChI=1S/C22H18ClNO4/c23-18-13-20-21(27-11-5-10-26-20)14-19(18)24-22(25)15-6-4-9-17(12-15)28-16-7-2-1-3-8-16/h1-4,6-9,12-14H,5,10-11H2,(H,24,25). The maximum Gasteiger partial charge on any atom is 0.255 e. The second-order valence-electron chi connectivity index (χ2n) is 6.23. The summed E-state index contributed by atoms with van der Waals surface area (Å²) < 4.78 is 17.1. The maximum absolute atomic E-state index is 12.7. The van der Waals surface area contributed by atoms with Crippen molar-refractivity contribution in [2.24, 2.45) is 0 Å². The first-order valence-electron chi connectivity index (χ1n) is 8.92. The van der Waals surface area contributed by atoms with Crippen LogP contribution in [0.5, 0.6) is 23.0 Å². The first kappa shape index (κ1) is 18.2. The van der Waals surface area contributed by atoms with E-state index in [0.29, 0.717) is 52.5 Å². The molecule has 3 aromatic rings. The number of amides is 1. The predicted molar refractivity (Wildman–Crippen MR) is 108 cm³/mol. The largest absolute Gasteiger partial charge is 0.490 e. The number of ether oxygens (including phenoxy) is 3. The van der Waals surface area contributed by atoms with Gasteiger partial charge >= 0.3 is 0 Å². The number of hydrogen-bond donors (Lipinski definition) is 1. The van der Waals surface area contributed by atoms with Crippen molar-refractivity contribution >= 4 is 23.2 Å². The van der Waals surface area contributed by atoms with Crippen molar-refractivity contribution in [3.8, 4) is 23.0 Å². The Labute approximate surface area is 167 Å².